The molecule has 0 aromatic rings. The first-order valence-corrected chi connectivity index (χ1v) is 5.01. The van der Waals surface area contributed by atoms with Crippen LogP contribution in [0.5, 0.6) is 0 Å². The van der Waals surface area contributed by atoms with E-state index in [2.05, 4.69) is 32.5 Å². The van der Waals surface area contributed by atoms with Crippen molar-refractivity contribution >= 4 is 5.97 Å². The summed E-state index contributed by atoms with van der Waals surface area (Å²) in [4.78, 5) is 12.0. The normalized spacial score (nSPS) is 9.21. The molecule has 0 aromatic carbocycles. The largest absolute Gasteiger partial charge is 0.478 e. The molecule has 0 atom stereocenters. The zero-order valence-corrected chi connectivity index (χ0v) is 9.84. The van der Waals surface area contributed by atoms with E-state index in [-0.39, 0.29) is 5.57 Å². The number of carboxylic acids is 1. The maximum Gasteiger partial charge on any atom is 0.330 e. The average molecular weight is 201 g/mol. The molecule has 84 valence electrons. The Balaban J connectivity index is 0. The molecule has 0 aliphatic carbocycles. The van der Waals surface area contributed by atoms with Gasteiger partial charge in [0.2, 0.25) is 0 Å². The molecule has 0 fully saturated rings. The van der Waals surface area contributed by atoms with Gasteiger partial charge >= 0.3 is 5.97 Å². The first-order valence-electron chi connectivity index (χ1n) is 5.01. The maximum absolute atomic E-state index is 9.83. The van der Waals surface area contributed by atoms with Gasteiger partial charge in [-0.3, -0.25) is 0 Å². The van der Waals surface area contributed by atoms with Crippen LogP contribution in [-0.2, 0) is 4.79 Å². The predicted octanol–water partition coefficient (Wildman–Crippen LogP) is 2.39. The highest BCUT2D eigenvalue weighted by Gasteiger charge is 1.96. The van der Waals surface area contributed by atoms with E-state index in [1.807, 2.05) is 0 Å². The molecule has 0 aliphatic rings. The summed E-state index contributed by atoms with van der Waals surface area (Å²) in [5.74, 6) is -0.900. The minimum atomic E-state index is -0.900. The number of carbonyl (C=O) groups is 1. The molecular formula is C11H23NO2. The van der Waals surface area contributed by atoms with Crippen LogP contribution in [0.2, 0.25) is 0 Å². The number of carboxylic acid groups (broad SMARTS) is 1. The zero-order valence-electron chi connectivity index (χ0n) is 9.84. The van der Waals surface area contributed by atoms with Crippen LogP contribution in [0.15, 0.2) is 12.2 Å². The number of hydrogen-bond donors (Lipinski definition) is 1. The van der Waals surface area contributed by atoms with Crippen LogP contribution in [0.4, 0.5) is 0 Å². The Hall–Kier alpha value is -0.830. The minimum Gasteiger partial charge on any atom is -0.478 e. The Morgan fingerprint density at radius 2 is 1.86 bits per heavy atom. The van der Waals surface area contributed by atoms with Gasteiger partial charge < -0.3 is 10.0 Å². The minimum absolute atomic E-state index is 0.264. The molecule has 0 saturated heterocycles. The fourth-order valence-electron chi connectivity index (χ4n) is 0.626. The van der Waals surface area contributed by atoms with Gasteiger partial charge in [0.1, 0.15) is 0 Å². The molecule has 0 spiro atoms. The summed E-state index contributed by atoms with van der Waals surface area (Å²) in [5.41, 5.74) is 0.264. The Morgan fingerprint density at radius 1 is 1.36 bits per heavy atom. The third-order valence-corrected chi connectivity index (χ3v) is 1.69. The number of nitrogens with zero attached hydrogens (tertiary/aromatic N) is 1. The third kappa shape index (κ3) is 13.7. The van der Waals surface area contributed by atoms with Crippen molar-refractivity contribution < 1.29 is 9.90 Å². The molecule has 0 bridgehead atoms. The third-order valence-electron chi connectivity index (χ3n) is 1.69. The lowest BCUT2D eigenvalue weighted by atomic mass is 10.2. The Kier molecular flexibility index (Phi) is 11.4. The Bertz CT molecular complexity index is 165. The van der Waals surface area contributed by atoms with Crippen LogP contribution in [0, 0.1) is 0 Å². The van der Waals surface area contributed by atoms with E-state index in [9.17, 15) is 4.79 Å². The summed E-state index contributed by atoms with van der Waals surface area (Å²) in [5, 5.41) is 8.08. The Labute approximate surface area is 87.4 Å². The van der Waals surface area contributed by atoms with E-state index >= 15 is 0 Å². The SMILES string of the molecule is C=C(CC)C(=O)O.CCCCN(C)C. The van der Waals surface area contributed by atoms with Crippen LogP contribution < -0.4 is 0 Å². The summed E-state index contributed by atoms with van der Waals surface area (Å²) in [6, 6.07) is 0. The van der Waals surface area contributed by atoms with Crippen molar-refractivity contribution in [2.24, 2.45) is 0 Å². The number of rotatable bonds is 5. The highest BCUT2D eigenvalue weighted by molar-refractivity contribution is 5.85. The van der Waals surface area contributed by atoms with E-state index in [0.717, 1.165) is 0 Å². The fourth-order valence-corrected chi connectivity index (χ4v) is 0.626. The first kappa shape index (κ1) is 15.6. The van der Waals surface area contributed by atoms with Gasteiger partial charge in [0.15, 0.2) is 0 Å². The van der Waals surface area contributed by atoms with Crippen molar-refractivity contribution in [1.82, 2.24) is 4.90 Å². The van der Waals surface area contributed by atoms with Gasteiger partial charge in [-0.25, -0.2) is 4.79 Å². The van der Waals surface area contributed by atoms with E-state index in [4.69, 9.17) is 5.11 Å². The van der Waals surface area contributed by atoms with E-state index in [0.29, 0.717) is 6.42 Å². The van der Waals surface area contributed by atoms with Crippen molar-refractivity contribution in [1.29, 1.82) is 0 Å². The number of unbranched alkanes of at least 4 members (excludes halogenated alkanes) is 1. The lowest BCUT2D eigenvalue weighted by molar-refractivity contribution is -0.132. The highest BCUT2D eigenvalue weighted by atomic mass is 16.4. The molecule has 3 heteroatoms. The molecule has 1 N–H and O–H groups in total. The van der Waals surface area contributed by atoms with Crippen molar-refractivity contribution in [3.05, 3.63) is 12.2 Å². The lowest BCUT2D eigenvalue weighted by Gasteiger charge is -2.05. The standard InChI is InChI=1S/C6H15N.C5H8O2/c1-4-5-6-7(2)3;1-3-4(2)5(6)7/h4-6H2,1-3H3;2-3H2,1H3,(H,6,7). The molecule has 0 radical (unpaired) electrons. The van der Waals surface area contributed by atoms with Crippen LogP contribution in [0.3, 0.4) is 0 Å². The predicted molar refractivity (Wildman–Crippen MR) is 60.5 cm³/mol. The average Bonchev–Trinajstić information content (AvgIpc) is 2.14. The van der Waals surface area contributed by atoms with Crippen LogP contribution in [-0.4, -0.2) is 36.6 Å². The van der Waals surface area contributed by atoms with Crippen molar-refractivity contribution in [2.75, 3.05) is 20.6 Å². The van der Waals surface area contributed by atoms with Gasteiger partial charge in [-0.2, -0.15) is 0 Å². The van der Waals surface area contributed by atoms with E-state index in [1.54, 1.807) is 6.92 Å². The molecule has 0 amide bonds. The molecule has 3 nitrogen and oxygen atoms in total. The second-order valence-corrected chi connectivity index (χ2v) is 3.42. The van der Waals surface area contributed by atoms with Gasteiger partial charge in [-0.05, 0) is 33.5 Å². The highest BCUT2D eigenvalue weighted by Crippen LogP contribution is 1.93. The molecule has 0 heterocycles. The monoisotopic (exact) mass is 201 g/mol. The summed E-state index contributed by atoms with van der Waals surface area (Å²) in [6.45, 7) is 8.48. The number of hydrogen-bond acceptors (Lipinski definition) is 2. The summed E-state index contributed by atoms with van der Waals surface area (Å²) in [7, 11) is 4.21. The molecule has 0 saturated carbocycles. The molecule has 0 rings (SSSR count). The smallest absolute Gasteiger partial charge is 0.330 e. The second-order valence-electron chi connectivity index (χ2n) is 3.42. The maximum atomic E-state index is 9.83. The quantitative estimate of drug-likeness (QED) is 0.694. The summed E-state index contributed by atoms with van der Waals surface area (Å²) >= 11 is 0. The van der Waals surface area contributed by atoms with Gasteiger partial charge in [-0.1, -0.05) is 26.8 Å². The zero-order chi connectivity index (χ0) is 11.6. The second kappa shape index (κ2) is 10.3. The van der Waals surface area contributed by atoms with Crippen LogP contribution in [0.25, 0.3) is 0 Å². The van der Waals surface area contributed by atoms with Crippen molar-refractivity contribution in [3.8, 4) is 0 Å². The number of aliphatic carboxylic acids is 1. The fraction of sp³-hybridized carbons (Fsp3) is 0.727. The van der Waals surface area contributed by atoms with Crippen molar-refractivity contribution in [2.45, 2.75) is 33.1 Å². The van der Waals surface area contributed by atoms with Crippen LogP contribution in [0.1, 0.15) is 33.1 Å². The summed E-state index contributed by atoms with van der Waals surface area (Å²) in [6.07, 6.45) is 3.15. The van der Waals surface area contributed by atoms with E-state index < -0.39 is 5.97 Å². The lowest BCUT2D eigenvalue weighted by Crippen LogP contribution is -2.12. The van der Waals surface area contributed by atoms with Gasteiger partial charge in [-0.15, -0.1) is 0 Å². The van der Waals surface area contributed by atoms with Gasteiger partial charge in [0.25, 0.3) is 0 Å². The molecule has 0 unspecified atom stereocenters. The summed E-state index contributed by atoms with van der Waals surface area (Å²) < 4.78 is 0. The van der Waals surface area contributed by atoms with Crippen LogP contribution >= 0.6 is 0 Å². The topological polar surface area (TPSA) is 40.5 Å². The van der Waals surface area contributed by atoms with Gasteiger partial charge in [0, 0.05) is 5.57 Å². The molecular weight excluding hydrogens is 178 g/mol. The van der Waals surface area contributed by atoms with Crippen molar-refractivity contribution in [3.63, 3.8) is 0 Å². The Morgan fingerprint density at radius 3 is 1.93 bits per heavy atom. The van der Waals surface area contributed by atoms with Gasteiger partial charge in [0.05, 0.1) is 0 Å². The first-order chi connectivity index (χ1) is 6.45. The molecule has 0 aromatic heterocycles. The van der Waals surface area contributed by atoms with E-state index in [1.165, 1.54) is 19.4 Å². The molecule has 0 aliphatic heterocycles. The molecule has 14 heavy (non-hydrogen) atoms.